The van der Waals surface area contributed by atoms with Gasteiger partial charge in [-0.05, 0) is 30.0 Å². The molecular formula is C19H15N5O4S. The molecule has 0 atom stereocenters. The highest BCUT2D eigenvalue weighted by Gasteiger charge is 2.36. The van der Waals surface area contributed by atoms with Gasteiger partial charge in [0.05, 0.1) is 10.5 Å². The van der Waals surface area contributed by atoms with E-state index in [1.54, 1.807) is 24.3 Å². The Morgan fingerprint density at radius 3 is 2.83 bits per heavy atom. The Morgan fingerprint density at radius 1 is 1.31 bits per heavy atom. The third-order valence-corrected chi connectivity index (χ3v) is 5.43. The third-order valence-electron chi connectivity index (χ3n) is 4.22. The maximum atomic E-state index is 12.4. The molecule has 0 aliphatic carbocycles. The molecule has 0 fully saturated rings. The maximum Gasteiger partial charge on any atom is 0.283 e. The van der Waals surface area contributed by atoms with Gasteiger partial charge in [-0.2, -0.15) is 15.1 Å². The summed E-state index contributed by atoms with van der Waals surface area (Å²) in [5.41, 5.74) is 0.551. The van der Waals surface area contributed by atoms with Crippen molar-refractivity contribution in [2.75, 3.05) is 0 Å². The lowest BCUT2D eigenvalue weighted by Gasteiger charge is -2.19. The number of nitro groups is 1. The number of nitrogens with one attached hydrogen (secondary N) is 1. The number of fused-ring (bicyclic) bond motifs is 1. The van der Waals surface area contributed by atoms with Crippen molar-refractivity contribution in [2.24, 2.45) is 16.0 Å². The summed E-state index contributed by atoms with van der Waals surface area (Å²) in [6.45, 7) is 3.96. The van der Waals surface area contributed by atoms with Gasteiger partial charge in [0.15, 0.2) is 5.84 Å². The lowest BCUT2D eigenvalue weighted by Crippen LogP contribution is -2.35. The van der Waals surface area contributed by atoms with E-state index in [0.717, 1.165) is 5.04 Å². The molecule has 3 heterocycles. The van der Waals surface area contributed by atoms with Crippen molar-refractivity contribution >= 4 is 45.5 Å². The SMILES string of the molecule is CC(C)C1=NN2C(=N)C(=Cc3ccc(-c4cccc([N+](=O)[O-])c4)o3)C(=O)N=C2S1. The maximum absolute atomic E-state index is 12.4. The zero-order chi connectivity index (χ0) is 20.7. The van der Waals surface area contributed by atoms with Gasteiger partial charge in [-0.25, -0.2) is 0 Å². The summed E-state index contributed by atoms with van der Waals surface area (Å²) in [5.74, 6) is 0.291. The fourth-order valence-corrected chi connectivity index (χ4v) is 3.63. The van der Waals surface area contributed by atoms with Crippen molar-refractivity contribution in [3.63, 3.8) is 0 Å². The van der Waals surface area contributed by atoms with Crippen LogP contribution in [0.25, 0.3) is 17.4 Å². The lowest BCUT2D eigenvalue weighted by molar-refractivity contribution is -0.384. The van der Waals surface area contributed by atoms with Crippen molar-refractivity contribution in [1.82, 2.24) is 5.01 Å². The van der Waals surface area contributed by atoms with Crippen LogP contribution in [0.1, 0.15) is 19.6 Å². The molecule has 0 saturated carbocycles. The predicted molar refractivity (Wildman–Crippen MR) is 111 cm³/mol. The Hall–Kier alpha value is -3.53. The minimum atomic E-state index is -0.540. The lowest BCUT2D eigenvalue weighted by atomic mass is 10.1. The average molecular weight is 409 g/mol. The quantitative estimate of drug-likeness (QED) is 0.460. The van der Waals surface area contributed by atoms with E-state index in [-0.39, 0.29) is 23.0 Å². The van der Waals surface area contributed by atoms with Gasteiger partial charge < -0.3 is 4.42 Å². The smallest absolute Gasteiger partial charge is 0.283 e. The van der Waals surface area contributed by atoms with Crippen LogP contribution >= 0.6 is 11.8 Å². The molecule has 4 rings (SSSR count). The molecule has 1 N–H and O–H groups in total. The number of hydrazone groups is 1. The molecule has 9 nitrogen and oxygen atoms in total. The van der Waals surface area contributed by atoms with Crippen LogP contribution in [-0.2, 0) is 4.79 Å². The summed E-state index contributed by atoms with van der Waals surface area (Å²) < 4.78 is 5.72. The van der Waals surface area contributed by atoms with E-state index in [2.05, 4.69) is 10.1 Å². The Balaban J connectivity index is 1.64. The number of carbonyl (C=O) groups is 1. The van der Waals surface area contributed by atoms with E-state index < -0.39 is 10.8 Å². The van der Waals surface area contributed by atoms with Gasteiger partial charge >= 0.3 is 0 Å². The van der Waals surface area contributed by atoms with E-state index in [9.17, 15) is 14.9 Å². The molecule has 0 radical (unpaired) electrons. The molecule has 1 amide bonds. The fraction of sp³-hybridized carbons (Fsp3) is 0.158. The Labute approximate surface area is 169 Å². The number of rotatable bonds is 4. The second kappa shape index (κ2) is 7.13. The third kappa shape index (κ3) is 3.49. The highest BCUT2D eigenvalue weighted by atomic mass is 32.2. The first-order chi connectivity index (χ1) is 13.8. The second-order valence-electron chi connectivity index (χ2n) is 6.62. The first-order valence-corrected chi connectivity index (χ1v) is 9.50. The minimum absolute atomic E-state index is 0.0461. The van der Waals surface area contributed by atoms with Crippen molar-refractivity contribution in [2.45, 2.75) is 13.8 Å². The molecule has 0 unspecified atom stereocenters. The standard InChI is InChI=1S/C19H15N5O4S/c1-10(2)18-22-23-16(20)14(17(25)21-19(23)29-18)9-13-6-7-15(28-13)11-4-3-5-12(8-11)24(26)27/h3-10,20H,1-2H3. The minimum Gasteiger partial charge on any atom is -0.457 e. The normalized spacial score (nSPS) is 17.6. The molecule has 10 heteroatoms. The van der Waals surface area contributed by atoms with Crippen molar-refractivity contribution < 1.29 is 14.1 Å². The molecule has 1 aromatic carbocycles. The van der Waals surface area contributed by atoms with Crippen LogP contribution in [0.4, 0.5) is 5.69 Å². The van der Waals surface area contributed by atoms with E-state index >= 15 is 0 Å². The number of hydrogen-bond donors (Lipinski definition) is 1. The summed E-state index contributed by atoms with van der Waals surface area (Å²) in [4.78, 5) is 26.9. The van der Waals surface area contributed by atoms with Gasteiger partial charge in [0.2, 0.25) is 5.17 Å². The van der Waals surface area contributed by atoms with Crippen molar-refractivity contribution in [3.8, 4) is 11.3 Å². The summed E-state index contributed by atoms with van der Waals surface area (Å²) >= 11 is 1.28. The Kier molecular flexibility index (Phi) is 4.63. The van der Waals surface area contributed by atoms with Crippen molar-refractivity contribution in [1.29, 1.82) is 5.41 Å². The Bertz CT molecular complexity index is 1140. The first kappa shape index (κ1) is 18.8. The molecule has 2 aromatic rings. The van der Waals surface area contributed by atoms with Gasteiger partial charge in [-0.3, -0.25) is 20.3 Å². The number of amidine groups is 2. The van der Waals surface area contributed by atoms with E-state index in [1.165, 1.54) is 35.0 Å². The molecule has 146 valence electrons. The van der Waals surface area contributed by atoms with Crippen LogP contribution in [-0.4, -0.2) is 31.9 Å². The number of nitrogens with zero attached hydrogens (tertiary/aromatic N) is 4. The monoisotopic (exact) mass is 409 g/mol. The number of benzene rings is 1. The highest BCUT2D eigenvalue weighted by Crippen LogP contribution is 2.32. The van der Waals surface area contributed by atoms with E-state index in [1.807, 2.05) is 13.8 Å². The van der Waals surface area contributed by atoms with Crippen LogP contribution in [0.5, 0.6) is 0 Å². The van der Waals surface area contributed by atoms with Crippen LogP contribution in [0, 0.1) is 21.4 Å². The number of nitro benzene ring substituents is 1. The van der Waals surface area contributed by atoms with Crippen LogP contribution in [0.2, 0.25) is 0 Å². The molecule has 0 spiro atoms. The van der Waals surface area contributed by atoms with Gasteiger partial charge in [0, 0.05) is 23.6 Å². The van der Waals surface area contributed by atoms with Crippen molar-refractivity contribution in [3.05, 3.63) is 57.8 Å². The van der Waals surface area contributed by atoms with Crippen LogP contribution in [0.15, 0.2) is 56.5 Å². The highest BCUT2D eigenvalue weighted by molar-refractivity contribution is 8.27. The fourth-order valence-electron chi connectivity index (χ4n) is 2.74. The summed E-state index contributed by atoms with van der Waals surface area (Å²) in [6.07, 6.45) is 1.43. The van der Waals surface area contributed by atoms with Crippen LogP contribution in [0.3, 0.4) is 0 Å². The molecule has 29 heavy (non-hydrogen) atoms. The molecule has 0 saturated heterocycles. The van der Waals surface area contributed by atoms with E-state index in [4.69, 9.17) is 9.83 Å². The van der Waals surface area contributed by atoms with Gasteiger partial charge in [-0.1, -0.05) is 26.0 Å². The van der Waals surface area contributed by atoms with Gasteiger partial charge in [0.25, 0.3) is 11.6 Å². The number of aliphatic imine (C=N–C) groups is 1. The zero-order valence-electron chi connectivity index (χ0n) is 15.4. The summed E-state index contributed by atoms with van der Waals surface area (Å²) in [6, 6.07) is 9.34. The van der Waals surface area contributed by atoms with Gasteiger partial charge in [0.1, 0.15) is 16.6 Å². The number of amides is 1. The summed E-state index contributed by atoms with van der Waals surface area (Å²) in [5, 5.41) is 26.2. The molecule has 1 aromatic heterocycles. The second-order valence-corrected chi connectivity index (χ2v) is 7.61. The zero-order valence-corrected chi connectivity index (χ0v) is 16.3. The first-order valence-electron chi connectivity index (χ1n) is 8.68. The molecule has 2 aliphatic rings. The number of carbonyl (C=O) groups excluding carboxylic acids is 1. The number of non-ortho nitro benzene ring substituents is 1. The van der Waals surface area contributed by atoms with E-state index in [0.29, 0.717) is 22.3 Å². The Morgan fingerprint density at radius 2 is 2.10 bits per heavy atom. The number of furan rings is 1. The van der Waals surface area contributed by atoms with Crippen LogP contribution < -0.4 is 0 Å². The number of hydrogen-bond acceptors (Lipinski definition) is 7. The molecule has 2 aliphatic heterocycles. The summed E-state index contributed by atoms with van der Waals surface area (Å²) in [7, 11) is 0. The average Bonchev–Trinajstić information content (AvgIpc) is 3.32. The predicted octanol–water partition coefficient (Wildman–Crippen LogP) is 4.13. The molecular weight excluding hydrogens is 394 g/mol. The topological polar surface area (TPSA) is 125 Å². The molecule has 0 bridgehead atoms. The number of thioether (sulfide) groups is 1. The van der Waals surface area contributed by atoms with Gasteiger partial charge in [-0.15, -0.1) is 0 Å². The largest absolute Gasteiger partial charge is 0.457 e.